The first-order valence-corrected chi connectivity index (χ1v) is 27.0. The smallest absolute Gasteiger partial charge is 0.297 e. The Hall–Kier alpha value is -5.51. The quantitative estimate of drug-likeness (QED) is 0.0431. The van der Waals surface area contributed by atoms with Crippen LogP contribution in [0.15, 0.2) is 92.8 Å². The van der Waals surface area contributed by atoms with Gasteiger partial charge in [0.15, 0.2) is 35.7 Å². The summed E-state index contributed by atoms with van der Waals surface area (Å²) in [6.45, 7) is 8.30. The number of fused-ring (bicyclic) bond motifs is 4. The van der Waals surface area contributed by atoms with Crippen molar-refractivity contribution >= 4 is 78.2 Å². The highest BCUT2D eigenvalue weighted by Gasteiger charge is 2.58. The fourth-order valence-electron chi connectivity index (χ4n) is 9.48. The summed E-state index contributed by atoms with van der Waals surface area (Å²) in [6.07, 6.45) is 1.41. The fraction of sp³-hybridized carbons (Fsp3) is 0.469. The van der Waals surface area contributed by atoms with Gasteiger partial charge in [-0.1, -0.05) is 29.8 Å². The lowest BCUT2D eigenvalue weighted by atomic mass is 10.1. The predicted octanol–water partition coefficient (Wildman–Crippen LogP) is 6.15. The summed E-state index contributed by atoms with van der Waals surface area (Å²) in [6, 6.07) is 16.4. The van der Waals surface area contributed by atoms with E-state index in [0.29, 0.717) is 52.4 Å². The first kappa shape index (κ1) is 52.0. The maximum atomic E-state index is 13.8. The van der Waals surface area contributed by atoms with E-state index < -0.39 is 80.9 Å². The Morgan fingerprint density at radius 1 is 0.649 bits per heavy atom. The molecule has 9 atom stereocenters. The summed E-state index contributed by atoms with van der Waals surface area (Å²) < 4.78 is 108. The highest BCUT2D eigenvalue weighted by Crippen LogP contribution is 2.47. The highest BCUT2D eigenvalue weighted by molar-refractivity contribution is 7.87. The van der Waals surface area contributed by atoms with E-state index in [1.54, 1.807) is 86.4 Å². The molecule has 0 radical (unpaired) electrons. The fourth-order valence-corrected chi connectivity index (χ4v) is 11.5. The van der Waals surface area contributed by atoms with Crippen molar-refractivity contribution in [2.24, 2.45) is 9.98 Å². The summed E-state index contributed by atoms with van der Waals surface area (Å²) in [7, 11) is -1.06. The van der Waals surface area contributed by atoms with Crippen molar-refractivity contribution < 1.29 is 53.6 Å². The molecule has 2 aromatic carbocycles. The minimum atomic E-state index is -4.27. The van der Waals surface area contributed by atoms with Crippen molar-refractivity contribution in [3.8, 4) is 0 Å². The number of aromatic nitrogens is 6. The predicted molar refractivity (Wildman–Crippen MR) is 270 cm³/mol. The Bertz CT molecular complexity index is 3350. The number of benzene rings is 2. The first-order chi connectivity index (χ1) is 35.0. The van der Waals surface area contributed by atoms with Crippen LogP contribution in [0, 0.1) is 13.8 Å². The molecular formula is C49H57ClN10O12S2. The van der Waals surface area contributed by atoms with Gasteiger partial charge in [-0.05, 0) is 94.6 Å². The number of rotatable bonds is 17. The van der Waals surface area contributed by atoms with E-state index in [0.717, 1.165) is 11.1 Å². The zero-order chi connectivity index (χ0) is 52.5. The van der Waals surface area contributed by atoms with Gasteiger partial charge in [-0.3, -0.25) is 8.37 Å². The van der Waals surface area contributed by atoms with Crippen molar-refractivity contribution in [3.05, 3.63) is 95.3 Å². The van der Waals surface area contributed by atoms with Crippen LogP contribution < -0.4 is 0 Å². The molecule has 4 aromatic heterocycles. The second-order valence-corrected chi connectivity index (χ2v) is 23.2. The number of hydrogen-bond donors (Lipinski definition) is 0. The van der Waals surface area contributed by atoms with Crippen LogP contribution in [0.5, 0.6) is 0 Å². The lowest BCUT2D eigenvalue weighted by Gasteiger charge is -2.28. The maximum absolute atomic E-state index is 13.8. The van der Waals surface area contributed by atoms with Crippen LogP contribution in [0.2, 0.25) is 5.28 Å². The van der Waals surface area contributed by atoms with Gasteiger partial charge in [0.25, 0.3) is 20.2 Å². The van der Waals surface area contributed by atoms with E-state index in [4.69, 9.17) is 53.4 Å². The van der Waals surface area contributed by atoms with Gasteiger partial charge in [-0.15, -0.1) is 0 Å². The normalized spacial score (nSPS) is 26.8. The van der Waals surface area contributed by atoms with Crippen molar-refractivity contribution in [2.45, 2.75) is 118 Å². The van der Waals surface area contributed by atoms with Crippen LogP contribution in [-0.2, 0) is 63.4 Å². The van der Waals surface area contributed by atoms with Gasteiger partial charge < -0.3 is 47.4 Å². The third-order valence-corrected chi connectivity index (χ3v) is 15.7. The largest absolute Gasteiger partial charge is 0.369 e. The van der Waals surface area contributed by atoms with Crippen LogP contribution in [-0.4, -0.2) is 158 Å². The maximum Gasteiger partial charge on any atom is 0.297 e. The molecule has 4 aliphatic rings. The van der Waals surface area contributed by atoms with Crippen LogP contribution in [0.4, 0.5) is 11.6 Å². The average molecular weight is 1080 g/mol. The molecule has 0 saturated carbocycles. The number of aliphatic imine (C=N–C) groups is 2. The van der Waals surface area contributed by atoms with Gasteiger partial charge in [0.1, 0.15) is 53.7 Å². The molecule has 1 unspecified atom stereocenters. The molecule has 25 heteroatoms. The van der Waals surface area contributed by atoms with Crippen molar-refractivity contribution in [3.63, 3.8) is 0 Å². The molecule has 0 spiro atoms. The summed E-state index contributed by atoms with van der Waals surface area (Å²) in [5.41, 5.74) is 2.67. The molecule has 0 bridgehead atoms. The summed E-state index contributed by atoms with van der Waals surface area (Å²) in [5, 5.41) is 1.26. The molecule has 10 rings (SSSR count). The zero-order valence-corrected chi connectivity index (χ0v) is 44.5. The number of aryl methyl sites for hydroxylation is 3. The van der Waals surface area contributed by atoms with E-state index >= 15 is 0 Å². The van der Waals surface area contributed by atoms with Gasteiger partial charge in [0.2, 0.25) is 5.28 Å². The van der Waals surface area contributed by atoms with Crippen LogP contribution in [0.25, 0.3) is 22.1 Å². The zero-order valence-electron chi connectivity index (χ0n) is 42.1. The number of nitrogens with zero attached hydrogens (tertiary/aromatic N) is 10. The molecule has 8 heterocycles. The van der Waals surface area contributed by atoms with E-state index in [1.807, 2.05) is 56.8 Å². The molecule has 394 valence electrons. The van der Waals surface area contributed by atoms with Crippen LogP contribution >= 0.6 is 11.6 Å². The van der Waals surface area contributed by atoms with Crippen molar-refractivity contribution in [2.75, 3.05) is 41.4 Å². The van der Waals surface area contributed by atoms with Crippen molar-refractivity contribution in [1.29, 1.82) is 0 Å². The first-order valence-electron chi connectivity index (χ1n) is 23.8. The molecule has 0 aliphatic carbocycles. The van der Waals surface area contributed by atoms with Gasteiger partial charge in [0, 0.05) is 47.0 Å². The standard InChI is InChI=1S/C49H57ClN10O12S2/c1-28-10-14-31(15-11-28)73(61,62)66-25-36-38-40(46(68-36)60-23-20-34-42(52-27-58(8)9)55-47(50)56-44(34)60)72-49(5,71-38)21-18-30-12-16-32(17-13-30)74(63,64)65-24-35-37-39(70-48(3,4)69-37)45(67-35)59-22-19-33-41(51-26-57(6)7)53-29(2)54-43(33)59/h10-17,19-20,22-23,26-27,35-40,45-46H,18,21,24-25H2,1-9H3/t35-,36-,37-,38-,39-,40-,45-,46-,49?/m1/s1. The number of ether oxygens (including phenoxy) is 6. The lowest BCUT2D eigenvalue weighted by Crippen LogP contribution is -2.35. The van der Waals surface area contributed by atoms with Crippen LogP contribution in [0.1, 0.15) is 56.6 Å². The highest BCUT2D eigenvalue weighted by atomic mass is 35.5. The van der Waals surface area contributed by atoms with Gasteiger partial charge >= 0.3 is 0 Å². The summed E-state index contributed by atoms with van der Waals surface area (Å²) in [4.78, 5) is 30.6. The third-order valence-electron chi connectivity index (χ3n) is 12.9. The average Bonchev–Trinajstić information content (AvgIpc) is 4.20. The molecule has 4 aliphatic heterocycles. The molecule has 0 amide bonds. The Morgan fingerprint density at radius 3 is 1.68 bits per heavy atom. The molecule has 4 saturated heterocycles. The Morgan fingerprint density at radius 2 is 1.12 bits per heavy atom. The van der Waals surface area contributed by atoms with Crippen molar-refractivity contribution in [1.82, 2.24) is 38.9 Å². The number of halogens is 1. The number of hydrogen-bond acceptors (Lipinski definition) is 18. The minimum absolute atomic E-state index is 0.00351. The van der Waals surface area contributed by atoms with E-state index in [9.17, 15) is 16.8 Å². The topological polar surface area (TPSA) is 235 Å². The van der Waals surface area contributed by atoms with E-state index in [1.165, 1.54) is 24.3 Å². The minimum Gasteiger partial charge on any atom is -0.369 e. The van der Waals surface area contributed by atoms with E-state index in [2.05, 4.69) is 24.9 Å². The Labute approximate surface area is 433 Å². The molecule has 6 aromatic rings. The second kappa shape index (κ2) is 19.9. The monoisotopic (exact) mass is 1080 g/mol. The molecule has 0 N–H and O–H groups in total. The molecule has 4 fully saturated rings. The van der Waals surface area contributed by atoms with E-state index in [-0.39, 0.29) is 28.3 Å². The summed E-state index contributed by atoms with van der Waals surface area (Å²) in [5.74, 6) is -0.835. The Balaban J connectivity index is 0.827. The molecule has 74 heavy (non-hydrogen) atoms. The second-order valence-electron chi connectivity index (χ2n) is 19.7. The summed E-state index contributed by atoms with van der Waals surface area (Å²) >= 11 is 6.42. The van der Waals surface area contributed by atoms with Gasteiger partial charge in [0.05, 0.1) is 46.5 Å². The molecular weight excluding hydrogens is 1020 g/mol. The van der Waals surface area contributed by atoms with Crippen LogP contribution in [0.3, 0.4) is 0 Å². The lowest BCUT2D eigenvalue weighted by molar-refractivity contribution is -0.211. The third kappa shape index (κ3) is 10.5. The van der Waals surface area contributed by atoms with Gasteiger partial charge in [-0.2, -0.15) is 26.8 Å². The SMILES string of the molecule is Cc1ccc(S(=O)(=O)OC[C@H]2O[C@@H](n3ccc4c(N=CN(C)C)nc(Cl)nc43)[C@@H]3OC(C)(CCc4ccc(S(=O)(=O)OC[C@H]5O[C@@H](n6ccc7c(N=CN(C)C)nc(C)nc76)[C@@H]6OC(C)(C)O[C@@H]65)cc4)O[C@@H]32)cc1. The Kier molecular flexibility index (Phi) is 14.0. The molecule has 22 nitrogen and oxygen atoms in total. The van der Waals surface area contributed by atoms with Gasteiger partial charge in [-0.25, -0.2) is 20.0 Å².